The van der Waals surface area contributed by atoms with Crippen molar-refractivity contribution in [2.75, 3.05) is 32.7 Å². The lowest BCUT2D eigenvalue weighted by Crippen LogP contribution is -2.63. The van der Waals surface area contributed by atoms with E-state index in [9.17, 15) is 92.7 Å². The predicted octanol–water partition coefficient (Wildman–Crippen LogP) is -6.33. The van der Waals surface area contributed by atoms with Crippen molar-refractivity contribution >= 4 is 82.9 Å². The third-order valence-electron chi connectivity index (χ3n) is 12.7. The molecule has 0 spiro atoms. The molecule has 0 aliphatic carbocycles. The number of carboxylic acid groups (broad SMARTS) is 3. The van der Waals surface area contributed by atoms with Crippen LogP contribution in [0.4, 0.5) is 0 Å². The first-order chi connectivity index (χ1) is 36.4. The number of aliphatic hydroxyl groups is 2. The van der Waals surface area contributed by atoms with Gasteiger partial charge in [-0.15, -0.1) is 0 Å². The molecule has 16 N–H and O–H groups in total. The van der Waals surface area contributed by atoms with Gasteiger partial charge in [-0.2, -0.15) is 0 Å². The van der Waals surface area contributed by atoms with Gasteiger partial charge in [-0.3, -0.25) is 67.1 Å². The van der Waals surface area contributed by atoms with E-state index >= 15 is 0 Å². The largest absolute Gasteiger partial charge is 0.481 e. The Morgan fingerprint density at radius 3 is 1.71 bits per heavy atom. The summed E-state index contributed by atoms with van der Waals surface area (Å²) in [6.45, 7) is 6.86. The van der Waals surface area contributed by atoms with E-state index in [4.69, 9.17) is 5.73 Å². The second-order valence-corrected chi connectivity index (χ2v) is 19.7. The quantitative estimate of drug-likeness (QED) is 0.0505. The first-order valence-electron chi connectivity index (χ1n) is 25.4. The summed E-state index contributed by atoms with van der Waals surface area (Å²) < 4.78 is 0. The fourth-order valence-corrected chi connectivity index (χ4v) is 8.23. The van der Waals surface area contributed by atoms with Gasteiger partial charge < -0.3 is 88.9 Å². The standard InChI is InChI=1S/C47H76N12O19/c1-8-9-10-13-58-20-31(62)55-36(23(5)47(77)78)43(73)53-27(17-34(67)68)41(71)49-18-29(60)52-26(16-33(65)66)40(70)50-19-30(61)54-37(24(6)48)44(74)56-35(21(2)3)46(76)59-14-11-12-28(59)42(72)51-25(7)38(45(58)75)57-39(69)22(4)15-32(63)64/h21-28,35-38,47,77-78H,8-20,48H2,1-7H3,(H,49,71)(H,50,70)(H,51,72)(H,52,60)(H,53,73)(H,54,61)(H,55,62)(H,56,74)(H,57,69)(H,63,64)(H,65,66)(H,67,68). The van der Waals surface area contributed by atoms with Crippen LogP contribution >= 0.6 is 0 Å². The Morgan fingerprint density at radius 1 is 0.654 bits per heavy atom. The number of hydrogen-bond donors (Lipinski definition) is 15. The maximum Gasteiger partial charge on any atom is 0.305 e. The van der Waals surface area contributed by atoms with Crippen molar-refractivity contribution in [3.63, 3.8) is 0 Å². The summed E-state index contributed by atoms with van der Waals surface area (Å²) in [6, 6.07) is -14.4. The van der Waals surface area contributed by atoms with Crippen LogP contribution in [0.1, 0.15) is 99.8 Å². The summed E-state index contributed by atoms with van der Waals surface area (Å²) in [4.78, 5) is 188. The van der Waals surface area contributed by atoms with Crippen LogP contribution in [0, 0.1) is 17.8 Å². The normalized spacial score (nSPS) is 25.8. The summed E-state index contributed by atoms with van der Waals surface area (Å²) in [7, 11) is 0. The lowest BCUT2D eigenvalue weighted by atomic mass is 9.99. The van der Waals surface area contributed by atoms with Crippen molar-refractivity contribution in [3.8, 4) is 0 Å². The number of aliphatic carboxylic acids is 3. The van der Waals surface area contributed by atoms with Crippen molar-refractivity contribution in [1.82, 2.24) is 57.7 Å². The van der Waals surface area contributed by atoms with Crippen LogP contribution in [0.2, 0.25) is 0 Å². The summed E-state index contributed by atoms with van der Waals surface area (Å²) in [5.74, 6) is -20.1. The van der Waals surface area contributed by atoms with Gasteiger partial charge in [-0.25, -0.2) is 0 Å². The monoisotopic (exact) mass is 1110 g/mol. The van der Waals surface area contributed by atoms with Crippen molar-refractivity contribution < 1.29 is 92.7 Å². The fourth-order valence-electron chi connectivity index (χ4n) is 8.23. The molecule has 0 aromatic carbocycles. The molecule has 78 heavy (non-hydrogen) atoms. The fraction of sp³-hybridized carbons (Fsp3) is 0.702. The Balaban J connectivity index is 2.80. The van der Waals surface area contributed by atoms with Crippen molar-refractivity contribution in [2.45, 2.75) is 160 Å². The zero-order valence-corrected chi connectivity index (χ0v) is 44.6. The summed E-state index contributed by atoms with van der Waals surface area (Å²) in [5.41, 5.74) is 6.07. The second-order valence-electron chi connectivity index (χ2n) is 19.7. The van der Waals surface area contributed by atoms with Crippen LogP contribution in [0.3, 0.4) is 0 Å². The molecule has 0 radical (unpaired) electrons. The van der Waals surface area contributed by atoms with Crippen molar-refractivity contribution in [1.29, 1.82) is 0 Å². The van der Waals surface area contributed by atoms with Crippen LogP contribution in [0.15, 0.2) is 0 Å². The van der Waals surface area contributed by atoms with Gasteiger partial charge in [0.2, 0.25) is 65.0 Å². The highest BCUT2D eigenvalue weighted by atomic mass is 16.5. The number of nitrogens with two attached hydrogens (primary N) is 1. The van der Waals surface area contributed by atoms with E-state index in [0.29, 0.717) is 12.8 Å². The van der Waals surface area contributed by atoms with Gasteiger partial charge in [0.05, 0.1) is 44.9 Å². The molecule has 0 aromatic rings. The molecule has 2 fully saturated rings. The smallest absolute Gasteiger partial charge is 0.305 e. The second kappa shape index (κ2) is 31.6. The zero-order valence-electron chi connectivity index (χ0n) is 44.6. The van der Waals surface area contributed by atoms with Crippen LogP contribution in [-0.2, 0) is 67.1 Å². The van der Waals surface area contributed by atoms with Gasteiger partial charge in [0.15, 0.2) is 6.29 Å². The van der Waals surface area contributed by atoms with E-state index in [-0.39, 0.29) is 32.4 Å². The first kappa shape index (κ1) is 66.6. The van der Waals surface area contributed by atoms with E-state index in [1.807, 2.05) is 17.6 Å². The molecule has 0 aromatic heterocycles. The van der Waals surface area contributed by atoms with Crippen LogP contribution < -0.4 is 53.6 Å². The number of carbonyl (C=O) groups excluding carboxylic acids is 11. The molecule has 2 saturated heterocycles. The number of hydrogen-bond acceptors (Lipinski definition) is 17. The summed E-state index contributed by atoms with van der Waals surface area (Å²) in [6.07, 6.45) is -3.61. The molecule has 31 nitrogen and oxygen atoms in total. The van der Waals surface area contributed by atoms with Crippen LogP contribution in [0.5, 0.6) is 0 Å². The molecule has 0 saturated carbocycles. The number of rotatable bonds is 16. The molecule has 11 unspecified atom stereocenters. The molecule has 2 heterocycles. The molecule has 2 aliphatic heterocycles. The molecule has 11 amide bonds. The Labute approximate surface area is 449 Å². The Bertz CT molecular complexity index is 2230. The topological polar surface area (TPSA) is 481 Å². The van der Waals surface area contributed by atoms with Crippen molar-refractivity contribution in [3.05, 3.63) is 0 Å². The van der Waals surface area contributed by atoms with E-state index in [0.717, 1.165) is 11.8 Å². The van der Waals surface area contributed by atoms with E-state index in [2.05, 4.69) is 37.2 Å². The zero-order chi connectivity index (χ0) is 59.3. The van der Waals surface area contributed by atoms with Gasteiger partial charge in [0.25, 0.3) is 0 Å². The average Bonchev–Trinajstić information content (AvgIpc) is 3.85. The number of aliphatic hydroxyl groups excluding tert-OH is 1. The number of nitrogens with zero attached hydrogens (tertiary/aromatic N) is 2. The summed E-state index contributed by atoms with van der Waals surface area (Å²) in [5, 5.41) is 69.4. The molecular weight excluding hydrogens is 1040 g/mol. The third-order valence-corrected chi connectivity index (χ3v) is 12.7. The number of nitrogens with one attached hydrogen (secondary N) is 9. The number of fused-ring (bicyclic) bond motifs is 1. The first-order valence-corrected chi connectivity index (χ1v) is 25.4. The molecule has 11 atom stereocenters. The van der Waals surface area contributed by atoms with Gasteiger partial charge >= 0.3 is 17.9 Å². The van der Waals surface area contributed by atoms with Gasteiger partial charge in [-0.1, -0.05) is 47.5 Å². The summed E-state index contributed by atoms with van der Waals surface area (Å²) >= 11 is 0. The Kier molecular flexibility index (Phi) is 27.0. The Morgan fingerprint density at radius 2 is 1.19 bits per heavy atom. The maximum absolute atomic E-state index is 14.7. The minimum absolute atomic E-state index is 0.00493. The number of unbranched alkanes of at least 4 members (excludes halogenated alkanes) is 2. The minimum Gasteiger partial charge on any atom is -0.481 e. The van der Waals surface area contributed by atoms with Gasteiger partial charge in [0.1, 0.15) is 42.3 Å². The van der Waals surface area contributed by atoms with E-state index < -0.39 is 200 Å². The lowest BCUT2D eigenvalue weighted by Gasteiger charge is -2.34. The number of amides is 11. The molecule has 31 heteroatoms. The third kappa shape index (κ3) is 21.1. The molecule has 2 rings (SSSR count). The van der Waals surface area contributed by atoms with Gasteiger partial charge in [-0.05, 0) is 39.0 Å². The lowest BCUT2D eigenvalue weighted by molar-refractivity contribution is -0.145. The van der Waals surface area contributed by atoms with Gasteiger partial charge in [0, 0.05) is 31.0 Å². The van der Waals surface area contributed by atoms with E-state index in [1.165, 1.54) is 25.7 Å². The molecular formula is C47H76N12O19. The molecule has 2 aliphatic rings. The van der Waals surface area contributed by atoms with E-state index in [1.54, 1.807) is 13.8 Å². The Hall–Kier alpha value is -7.54. The van der Waals surface area contributed by atoms with Crippen LogP contribution in [0.25, 0.3) is 0 Å². The predicted molar refractivity (Wildman–Crippen MR) is 268 cm³/mol. The highest BCUT2D eigenvalue weighted by molar-refractivity contribution is 5.99. The maximum atomic E-state index is 14.7. The molecule has 0 bridgehead atoms. The van der Waals surface area contributed by atoms with Crippen LogP contribution in [-0.4, -0.2) is 212 Å². The number of carbonyl (C=O) groups is 14. The van der Waals surface area contributed by atoms with Crippen molar-refractivity contribution in [2.24, 2.45) is 23.5 Å². The highest BCUT2D eigenvalue weighted by Gasteiger charge is 2.43. The SMILES string of the molecule is CCCCCN1CC(=O)NC(C(C)C(O)O)C(=O)NC(CC(=O)O)C(=O)NCC(=O)NC(CC(=O)O)C(=O)NCC(=O)NC(C(C)N)C(=O)NC(C(C)C)C(=O)N2CCCC2C(=O)NC(C)C(NC(=O)C(C)CC(=O)O)C1=O. The highest BCUT2D eigenvalue weighted by Crippen LogP contribution is 2.22. The number of carboxylic acids is 3. The average molecular weight is 1110 g/mol. The minimum atomic E-state index is -2.36. The molecule has 438 valence electrons.